The van der Waals surface area contributed by atoms with Crippen LogP contribution < -0.4 is 5.32 Å². The topological polar surface area (TPSA) is 66.4 Å². The van der Waals surface area contributed by atoms with Gasteiger partial charge in [0.1, 0.15) is 6.04 Å². The molecule has 1 atom stereocenters. The number of benzene rings is 1. The zero-order valence-electron chi connectivity index (χ0n) is 8.72. The number of carboxylic acids is 1. The highest BCUT2D eigenvalue weighted by Crippen LogP contribution is 2.32. The summed E-state index contributed by atoms with van der Waals surface area (Å²) < 4.78 is 0. The molecule has 0 heterocycles. The van der Waals surface area contributed by atoms with Crippen molar-refractivity contribution < 1.29 is 14.7 Å². The molecule has 16 heavy (non-hydrogen) atoms. The molecule has 4 nitrogen and oxygen atoms in total. The fourth-order valence-electron chi connectivity index (χ4n) is 1.62. The van der Waals surface area contributed by atoms with Gasteiger partial charge in [-0.1, -0.05) is 18.2 Å². The minimum Gasteiger partial charge on any atom is -0.480 e. The molecule has 1 aliphatic carbocycles. The third kappa shape index (κ3) is 2.39. The van der Waals surface area contributed by atoms with Crippen LogP contribution in [-0.2, 0) is 4.79 Å². The average Bonchev–Trinajstić information content (AvgIpc) is 3.10. The van der Waals surface area contributed by atoms with Gasteiger partial charge in [0.2, 0.25) is 0 Å². The van der Waals surface area contributed by atoms with Gasteiger partial charge in [-0.3, -0.25) is 4.79 Å². The molecule has 0 radical (unpaired) electrons. The quantitative estimate of drug-likeness (QED) is 0.801. The molecule has 1 fully saturated rings. The molecule has 1 saturated carbocycles. The molecule has 4 heteroatoms. The van der Waals surface area contributed by atoms with E-state index in [4.69, 9.17) is 5.11 Å². The Balaban J connectivity index is 2.03. The molecular formula is C12H13NO3. The van der Waals surface area contributed by atoms with E-state index in [0.29, 0.717) is 5.56 Å². The molecule has 1 aromatic rings. The largest absolute Gasteiger partial charge is 0.480 e. The van der Waals surface area contributed by atoms with Crippen LogP contribution in [0.4, 0.5) is 0 Å². The van der Waals surface area contributed by atoms with Crippen LogP contribution in [-0.4, -0.2) is 23.0 Å². The van der Waals surface area contributed by atoms with Crippen LogP contribution in [0.2, 0.25) is 0 Å². The molecule has 84 valence electrons. The van der Waals surface area contributed by atoms with Crippen LogP contribution in [0.1, 0.15) is 23.2 Å². The fraction of sp³-hybridized carbons (Fsp3) is 0.333. The van der Waals surface area contributed by atoms with Crippen molar-refractivity contribution in [1.29, 1.82) is 0 Å². The average molecular weight is 219 g/mol. The van der Waals surface area contributed by atoms with Crippen molar-refractivity contribution in [3.63, 3.8) is 0 Å². The lowest BCUT2D eigenvalue weighted by Crippen LogP contribution is -2.42. The first-order valence-corrected chi connectivity index (χ1v) is 5.27. The summed E-state index contributed by atoms with van der Waals surface area (Å²) in [6.45, 7) is 0. The second-order valence-electron chi connectivity index (χ2n) is 3.99. The van der Waals surface area contributed by atoms with Crippen molar-refractivity contribution in [3.8, 4) is 0 Å². The number of carbonyl (C=O) groups excluding carboxylic acids is 1. The monoisotopic (exact) mass is 219 g/mol. The highest BCUT2D eigenvalue weighted by molar-refractivity contribution is 5.96. The van der Waals surface area contributed by atoms with Crippen molar-refractivity contribution in [2.24, 2.45) is 5.92 Å². The second kappa shape index (κ2) is 4.35. The zero-order valence-corrected chi connectivity index (χ0v) is 8.72. The molecule has 2 rings (SSSR count). The molecule has 1 aliphatic rings. The second-order valence-corrected chi connectivity index (χ2v) is 3.99. The fourth-order valence-corrected chi connectivity index (χ4v) is 1.62. The van der Waals surface area contributed by atoms with Crippen molar-refractivity contribution in [1.82, 2.24) is 5.32 Å². The maximum Gasteiger partial charge on any atom is 0.326 e. The first-order valence-electron chi connectivity index (χ1n) is 5.27. The van der Waals surface area contributed by atoms with Crippen molar-refractivity contribution in [3.05, 3.63) is 35.9 Å². The Morgan fingerprint density at radius 3 is 2.38 bits per heavy atom. The third-order valence-electron chi connectivity index (χ3n) is 2.68. The van der Waals surface area contributed by atoms with Gasteiger partial charge >= 0.3 is 5.97 Å². The number of carbonyl (C=O) groups is 2. The normalized spacial score (nSPS) is 16.5. The molecule has 1 amide bonds. The van der Waals surface area contributed by atoms with Gasteiger partial charge in [0, 0.05) is 5.56 Å². The van der Waals surface area contributed by atoms with E-state index in [1.165, 1.54) is 0 Å². The highest BCUT2D eigenvalue weighted by Gasteiger charge is 2.37. The first-order chi connectivity index (χ1) is 7.68. The van der Waals surface area contributed by atoms with Crippen LogP contribution in [0, 0.1) is 5.92 Å². The van der Waals surface area contributed by atoms with E-state index >= 15 is 0 Å². The summed E-state index contributed by atoms with van der Waals surface area (Å²) in [5, 5.41) is 11.5. The lowest BCUT2D eigenvalue weighted by Gasteiger charge is -2.13. The first kappa shape index (κ1) is 10.7. The number of nitrogens with one attached hydrogen (secondary N) is 1. The number of rotatable bonds is 4. The summed E-state index contributed by atoms with van der Waals surface area (Å²) in [6.07, 6.45) is 1.76. The van der Waals surface area contributed by atoms with E-state index in [0.717, 1.165) is 12.8 Å². The van der Waals surface area contributed by atoms with Crippen LogP contribution in [0.25, 0.3) is 0 Å². The van der Waals surface area contributed by atoms with Gasteiger partial charge in [-0.25, -0.2) is 4.79 Å². The molecule has 0 aliphatic heterocycles. The highest BCUT2D eigenvalue weighted by atomic mass is 16.4. The predicted molar refractivity (Wildman–Crippen MR) is 58.1 cm³/mol. The van der Waals surface area contributed by atoms with E-state index in [2.05, 4.69) is 5.32 Å². The Morgan fingerprint density at radius 1 is 1.25 bits per heavy atom. The zero-order chi connectivity index (χ0) is 11.5. The summed E-state index contributed by atoms with van der Waals surface area (Å²) in [5.41, 5.74) is 0.495. The predicted octanol–water partition coefficient (Wildman–Crippen LogP) is 1.28. The lowest BCUT2D eigenvalue weighted by atomic mass is 10.1. The van der Waals surface area contributed by atoms with Crippen LogP contribution >= 0.6 is 0 Å². The minimum absolute atomic E-state index is 0.102. The molecule has 0 aromatic heterocycles. The van der Waals surface area contributed by atoms with Gasteiger partial charge in [-0.05, 0) is 30.9 Å². The Hall–Kier alpha value is -1.84. The number of carboxylic acid groups (broad SMARTS) is 1. The molecule has 0 unspecified atom stereocenters. The summed E-state index contributed by atoms with van der Waals surface area (Å²) >= 11 is 0. The standard InChI is InChI=1S/C12H13NO3/c14-11(9-4-2-1-3-5-9)13-10(12(15)16)8-6-7-8/h1-5,8,10H,6-7H2,(H,13,14)(H,15,16)/t10-/m0/s1. The van der Waals surface area contributed by atoms with Crippen molar-refractivity contribution in [2.75, 3.05) is 0 Å². The van der Waals surface area contributed by atoms with Gasteiger partial charge < -0.3 is 10.4 Å². The van der Waals surface area contributed by atoms with Gasteiger partial charge in [0.15, 0.2) is 0 Å². The van der Waals surface area contributed by atoms with Gasteiger partial charge in [0.25, 0.3) is 5.91 Å². The Labute approximate surface area is 93.3 Å². The number of hydrogen-bond acceptors (Lipinski definition) is 2. The molecule has 0 spiro atoms. The van der Waals surface area contributed by atoms with Crippen LogP contribution in [0.15, 0.2) is 30.3 Å². The van der Waals surface area contributed by atoms with E-state index in [1.807, 2.05) is 6.07 Å². The summed E-state index contributed by atoms with van der Waals surface area (Å²) in [5.74, 6) is -1.17. The third-order valence-corrected chi connectivity index (χ3v) is 2.68. The summed E-state index contributed by atoms with van der Waals surface area (Å²) in [4.78, 5) is 22.7. The van der Waals surface area contributed by atoms with E-state index in [9.17, 15) is 9.59 Å². The summed E-state index contributed by atoms with van der Waals surface area (Å²) in [6, 6.07) is 7.91. The summed E-state index contributed by atoms with van der Waals surface area (Å²) in [7, 11) is 0. The molecule has 0 saturated heterocycles. The van der Waals surface area contributed by atoms with E-state index in [1.54, 1.807) is 24.3 Å². The maximum atomic E-state index is 11.7. The molecule has 1 aromatic carbocycles. The van der Waals surface area contributed by atoms with Gasteiger partial charge in [0.05, 0.1) is 0 Å². The SMILES string of the molecule is O=C(N[C@H](C(=O)O)C1CC1)c1ccccc1. The minimum atomic E-state index is -0.952. The van der Waals surface area contributed by atoms with Crippen LogP contribution in [0.3, 0.4) is 0 Å². The van der Waals surface area contributed by atoms with Crippen molar-refractivity contribution >= 4 is 11.9 Å². The molecule has 2 N–H and O–H groups in total. The smallest absolute Gasteiger partial charge is 0.326 e. The number of aliphatic carboxylic acids is 1. The van der Waals surface area contributed by atoms with Gasteiger partial charge in [-0.15, -0.1) is 0 Å². The maximum absolute atomic E-state index is 11.7. The van der Waals surface area contributed by atoms with E-state index < -0.39 is 12.0 Å². The lowest BCUT2D eigenvalue weighted by molar-refractivity contribution is -0.139. The Bertz CT molecular complexity index is 398. The van der Waals surface area contributed by atoms with E-state index in [-0.39, 0.29) is 11.8 Å². The van der Waals surface area contributed by atoms with Gasteiger partial charge in [-0.2, -0.15) is 0 Å². The van der Waals surface area contributed by atoms with Crippen LogP contribution in [0.5, 0.6) is 0 Å². The molecule has 0 bridgehead atoms. The molecular weight excluding hydrogens is 206 g/mol. The Kier molecular flexibility index (Phi) is 2.90. The van der Waals surface area contributed by atoms with Crippen molar-refractivity contribution in [2.45, 2.75) is 18.9 Å². The Morgan fingerprint density at radius 2 is 1.88 bits per heavy atom. The number of hydrogen-bond donors (Lipinski definition) is 2. The number of amides is 1.